The Morgan fingerprint density at radius 3 is 2.41 bits per heavy atom. The number of aryl methyl sites for hydroxylation is 1. The zero-order valence-electron chi connectivity index (χ0n) is 15.4. The molecule has 3 rings (SSSR count). The molecule has 1 heterocycles. The molecule has 1 aromatic heterocycles. The fraction of sp³-hybridized carbons (Fsp3) is 0.211. The SMILES string of the molecule is COc1ccc(OC)c(CN(C(=O)Nc2ccc(C)cc2)n2cnnc2)c1. The fourth-order valence-electron chi connectivity index (χ4n) is 2.57. The van der Waals surface area contributed by atoms with Crippen LogP contribution in [0.4, 0.5) is 10.5 Å². The largest absolute Gasteiger partial charge is 0.497 e. The van der Waals surface area contributed by atoms with Crippen LogP contribution in [-0.4, -0.2) is 35.1 Å². The van der Waals surface area contributed by atoms with Crippen molar-refractivity contribution in [1.82, 2.24) is 14.9 Å². The van der Waals surface area contributed by atoms with Gasteiger partial charge in [-0.15, -0.1) is 10.2 Å². The number of amides is 2. The predicted octanol–water partition coefficient (Wildman–Crippen LogP) is 2.97. The van der Waals surface area contributed by atoms with Gasteiger partial charge in [0.15, 0.2) is 0 Å². The zero-order chi connectivity index (χ0) is 19.2. The molecule has 0 atom stereocenters. The second-order valence-corrected chi connectivity index (χ2v) is 5.87. The topological polar surface area (TPSA) is 81.5 Å². The van der Waals surface area contributed by atoms with E-state index in [1.54, 1.807) is 26.4 Å². The first-order chi connectivity index (χ1) is 13.1. The molecule has 0 spiro atoms. The lowest BCUT2D eigenvalue weighted by Crippen LogP contribution is -2.42. The van der Waals surface area contributed by atoms with Crippen molar-refractivity contribution >= 4 is 11.7 Å². The first-order valence-corrected chi connectivity index (χ1v) is 8.31. The smallest absolute Gasteiger partial charge is 0.341 e. The van der Waals surface area contributed by atoms with E-state index < -0.39 is 0 Å². The molecule has 0 radical (unpaired) electrons. The maximum Gasteiger partial charge on any atom is 0.341 e. The van der Waals surface area contributed by atoms with Crippen molar-refractivity contribution in [3.63, 3.8) is 0 Å². The number of carbonyl (C=O) groups excluding carboxylic acids is 1. The normalized spacial score (nSPS) is 10.3. The summed E-state index contributed by atoms with van der Waals surface area (Å²) in [7, 11) is 3.17. The lowest BCUT2D eigenvalue weighted by molar-refractivity contribution is 0.251. The molecular formula is C19H21N5O3. The van der Waals surface area contributed by atoms with Crippen molar-refractivity contribution in [1.29, 1.82) is 0 Å². The summed E-state index contributed by atoms with van der Waals surface area (Å²) in [5, 5.41) is 11.9. The Morgan fingerprint density at radius 2 is 1.78 bits per heavy atom. The lowest BCUT2D eigenvalue weighted by Gasteiger charge is -2.24. The number of hydrogen-bond donors (Lipinski definition) is 1. The van der Waals surface area contributed by atoms with Gasteiger partial charge in [0.2, 0.25) is 0 Å². The van der Waals surface area contributed by atoms with E-state index >= 15 is 0 Å². The van der Waals surface area contributed by atoms with Gasteiger partial charge in [-0.25, -0.2) is 14.5 Å². The van der Waals surface area contributed by atoms with Gasteiger partial charge in [0.1, 0.15) is 24.2 Å². The first-order valence-electron chi connectivity index (χ1n) is 8.31. The fourth-order valence-corrected chi connectivity index (χ4v) is 2.57. The minimum Gasteiger partial charge on any atom is -0.497 e. The highest BCUT2D eigenvalue weighted by atomic mass is 16.5. The number of aromatic nitrogens is 3. The summed E-state index contributed by atoms with van der Waals surface area (Å²) in [5.74, 6) is 1.32. The number of urea groups is 1. The molecule has 140 valence electrons. The van der Waals surface area contributed by atoms with Crippen LogP contribution in [0.2, 0.25) is 0 Å². The van der Waals surface area contributed by atoms with Gasteiger partial charge in [-0.05, 0) is 37.3 Å². The van der Waals surface area contributed by atoms with Gasteiger partial charge in [0, 0.05) is 11.3 Å². The number of anilines is 1. The summed E-state index contributed by atoms with van der Waals surface area (Å²) in [5.41, 5.74) is 2.59. The molecule has 0 aliphatic rings. The molecule has 27 heavy (non-hydrogen) atoms. The van der Waals surface area contributed by atoms with Crippen LogP contribution in [0.25, 0.3) is 0 Å². The highest BCUT2D eigenvalue weighted by Crippen LogP contribution is 2.25. The Bertz CT molecular complexity index is 894. The van der Waals surface area contributed by atoms with Crippen LogP contribution < -0.4 is 19.8 Å². The predicted molar refractivity (Wildman–Crippen MR) is 102 cm³/mol. The second kappa shape index (κ2) is 8.22. The van der Waals surface area contributed by atoms with Crippen LogP contribution in [-0.2, 0) is 6.54 Å². The monoisotopic (exact) mass is 367 g/mol. The molecule has 0 unspecified atom stereocenters. The summed E-state index contributed by atoms with van der Waals surface area (Å²) in [6.07, 6.45) is 2.92. The van der Waals surface area contributed by atoms with Crippen molar-refractivity contribution < 1.29 is 14.3 Å². The van der Waals surface area contributed by atoms with Gasteiger partial charge in [0.25, 0.3) is 0 Å². The molecule has 8 heteroatoms. The Kier molecular flexibility index (Phi) is 5.55. The van der Waals surface area contributed by atoms with Gasteiger partial charge >= 0.3 is 6.03 Å². The summed E-state index contributed by atoms with van der Waals surface area (Å²) < 4.78 is 12.2. The summed E-state index contributed by atoms with van der Waals surface area (Å²) in [6, 6.07) is 12.7. The van der Waals surface area contributed by atoms with E-state index in [9.17, 15) is 4.79 Å². The van der Waals surface area contributed by atoms with E-state index in [2.05, 4.69) is 15.5 Å². The first kappa shape index (κ1) is 18.2. The van der Waals surface area contributed by atoms with Crippen LogP contribution in [0.5, 0.6) is 11.5 Å². The summed E-state index contributed by atoms with van der Waals surface area (Å²) in [6.45, 7) is 2.22. The summed E-state index contributed by atoms with van der Waals surface area (Å²) >= 11 is 0. The molecule has 0 aliphatic heterocycles. The molecule has 0 saturated carbocycles. The Labute approximate surface area is 157 Å². The highest BCUT2D eigenvalue weighted by molar-refractivity contribution is 5.96. The number of benzene rings is 2. The van der Waals surface area contributed by atoms with Gasteiger partial charge in [-0.3, -0.25) is 0 Å². The third-order valence-corrected chi connectivity index (χ3v) is 4.03. The second-order valence-electron chi connectivity index (χ2n) is 5.87. The average Bonchev–Trinajstić information content (AvgIpc) is 3.22. The third-order valence-electron chi connectivity index (χ3n) is 4.03. The van der Waals surface area contributed by atoms with Crippen molar-refractivity contribution in [2.45, 2.75) is 13.5 Å². The molecule has 0 bridgehead atoms. The van der Waals surface area contributed by atoms with Crippen molar-refractivity contribution in [3.05, 3.63) is 66.2 Å². The van der Waals surface area contributed by atoms with E-state index in [0.717, 1.165) is 11.1 Å². The van der Waals surface area contributed by atoms with Crippen LogP contribution in [0.3, 0.4) is 0 Å². The Balaban J connectivity index is 1.88. The molecule has 1 N–H and O–H groups in total. The van der Waals surface area contributed by atoms with Gasteiger partial charge in [0.05, 0.1) is 20.8 Å². The van der Waals surface area contributed by atoms with Crippen molar-refractivity contribution in [2.24, 2.45) is 0 Å². The van der Waals surface area contributed by atoms with Crippen LogP contribution >= 0.6 is 0 Å². The van der Waals surface area contributed by atoms with Crippen molar-refractivity contribution in [2.75, 3.05) is 24.5 Å². The minimum atomic E-state index is -0.330. The lowest BCUT2D eigenvalue weighted by atomic mass is 10.2. The standard InChI is InChI=1S/C19H21N5O3/c1-14-4-6-16(7-5-14)22-19(25)24(23-12-20-21-13-23)11-15-10-17(26-2)8-9-18(15)27-3/h4-10,12-13H,11H2,1-3H3,(H,22,25). The third kappa shape index (κ3) is 4.35. The maximum atomic E-state index is 12.9. The quantitative estimate of drug-likeness (QED) is 0.724. The number of rotatable bonds is 6. The van der Waals surface area contributed by atoms with Gasteiger partial charge in [-0.1, -0.05) is 17.7 Å². The van der Waals surface area contributed by atoms with E-state index in [0.29, 0.717) is 17.2 Å². The molecule has 2 aromatic carbocycles. The molecule has 3 aromatic rings. The van der Waals surface area contributed by atoms with Crippen molar-refractivity contribution in [3.8, 4) is 11.5 Å². The molecule has 8 nitrogen and oxygen atoms in total. The number of nitrogens with one attached hydrogen (secondary N) is 1. The molecular weight excluding hydrogens is 346 g/mol. The van der Waals surface area contributed by atoms with Crippen LogP contribution in [0.15, 0.2) is 55.1 Å². The molecule has 0 saturated heterocycles. The molecule has 0 aliphatic carbocycles. The molecule has 0 fully saturated rings. The Hall–Kier alpha value is -3.55. The number of methoxy groups -OCH3 is 2. The summed E-state index contributed by atoms with van der Waals surface area (Å²) in [4.78, 5) is 12.9. The maximum absolute atomic E-state index is 12.9. The van der Waals surface area contributed by atoms with E-state index in [1.165, 1.54) is 22.3 Å². The van der Waals surface area contributed by atoms with E-state index in [1.807, 2.05) is 37.3 Å². The zero-order valence-corrected chi connectivity index (χ0v) is 15.4. The van der Waals surface area contributed by atoms with Gasteiger partial charge < -0.3 is 14.8 Å². The van der Waals surface area contributed by atoms with Crippen LogP contribution in [0.1, 0.15) is 11.1 Å². The minimum absolute atomic E-state index is 0.232. The highest BCUT2D eigenvalue weighted by Gasteiger charge is 2.19. The number of hydrogen-bond acceptors (Lipinski definition) is 5. The Morgan fingerprint density at radius 1 is 1.07 bits per heavy atom. The van der Waals surface area contributed by atoms with Crippen LogP contribution in [0, 0.1) is 6.92 Å². The van der Waals surface area contributed by atoms with E-state index in [4.69, 9.17) is 9.47 Å². The van der Waals surface area contributed by atoms with E-state index in [-0.39, 0.29) is 12.6 Å². The average molecular weight is 367 g/mol. The number of carbonyl (C=O) groups is 1. The molecule has 2 amide bonds. The van der Waals surface area contributed by atoms with Gasteiger partial charge in [-0.2, -0.15) is 0 Å². The number of ether oxygens (including phenoxy) is 2. The number of nitrogens with zero attached hydrogens (tertiary/aromatic N) is 4.